The maximum atomic E-state index is 12.7. The fourth-order valence-electron chi connectivity index (χ4n) is 5.91. The second kappa shape index (κ2) is 48.5. The number of allylic oxidation sites excluding steroid dienone is 20. The number of ether oxygens (including phenoxy) is 3. The molecule has 0 aliphatic carbocycles. The molecule has 1 unspecified atom stereocenters. The molecular formula is C55H86O6. The minimum absolute atomic E-state index is 0.142. The van der Waals surface area contributed by atoms with Crippen LogP contribution >= 0.6 is 0 Å². The molecular weight excluding hydrogens is 757 g/mol. The molecule has 0 aromatic rings. The van der Waals surface area contributed by atoms with Gasteiger partial charge in [0.05, 0.1) is 0 Å². The first-order chi connectivity index (χ1) is 30.0. The number of unbranched alkanes of at least 4 members (excludes halogenated alkanes) is 11. The standard InChI is InChI=1S/C55H86O6/c1-4-7-10-13-16-19-22-24-26-28-30-33-36-39-42-45-48-54(57)60-51-52(50-59-53(56)47-44-41-38-35-32-21-18-15-12-9-6-3)61-55(58)49-46-43-40-37-34-31-29-27-25-23-20-17-14-11-8-5-2/h7,9-10,12,16,18-19,21,24,26-27,29-31,33-35,38-39,42,52H,4-6,8,11,13-15,17,20,22-23,25,28,32,36-37,40-41,43-51H2,1-3H3/b10-7-,12-9-,19-16-,21-18-,26-24-,29-27-,33-30-,34-31-,38-35-,42-39-. The highest BCUT2D eigenvalue weighted by atomic mass is 16.6. The molecule has 0 aromatic carbocycles. The van der Waals surface area contributed by atoms with E-state index in [0.717, 1.165) is 83.5 Å². The lowest BCUT2D eigenvalue weighted by atomic mass is 10.1. The van der Waals surface area contributed by atoms with Gasteiger partial charge in [0.2, 0.25) is 0 Å². The van der Waals surface area contributed by atoms with Gasteiger partial charge in [-0.05, 0) is 103 Å². The number of hydrogen-bond acceptors (Lipinski definition) is 6. The van der Waals surface area contributed by atoms with Crippen molar-refractivity contribution >= 4 is 17.9 Å². The summed E-state index contributed by atoms with van der Waals surface area (Å²) in [6.07, 6.45) is 66.4. The van der Waals surface area contributed by atoms with Crippen LogP contribution in [-0.4, -0.2) is 37.2 Å². The first-order valence-corrected chi connectivity index (χ1v) is 24.1. The Bertz CT molecular complexity index is 1340. The molecule has 0 saturated heterocycles. The van der Waals surface area contributed by atoms with Crippen LogP contribution in [0.3, 0.4) is 0 Å². The smallest absolute Gasteiger partial charge is 0.306 e. The third-order valence-electron chi connectivity index (χ3n) is 9.47. The first-order valence-electron chi connectivity index (χ1n) is 24.1. The van der Waals surface area contributed by atoms with Gasteiger partial charge >= 0.3 is 17.9 Å². The zero-order valence-electron chi connectivity index (χ0n) is 38.9. The third-order valence-corrected chi connectivity index (χ3v) is 9.47. The van der Waals surface area contributed by atoms with E-state index >= 15 is 0 Å². The SMILES string of the molecule is CC/C=C\C/C=C\C/C=C\C/C=C\C/C=C\CCC(=O)OCC(COC(=O)CCC/C=C\C/C=C\C/C=C\CC)OC(=O)CCCCC/C=C\C=C/CCCCCCCCC. The van der Waals surface area contributed by atoms with Crippen molar-refractivity contribution in [2.24, 2.45) is 0 Å². The average molecular weight is 843 g/mol. The van der Waals surface area contributed by atoms with Crippen LogP contribution in [0.2, 0.25) is 0 Å². The highest BCUT2D eigenvalue weighted by molar-refractivity contribution is 5.71. The molecule has 0 spiro atoms. The molecule has 61 heavy (non-hydrogen) atoms. The van der Waals surface area contributed by atoms with Crippen molar-refractivity contribution in [3.63, 3.8) is 0 Å². The molecule has 6 heteroatoms. The normalized spacial score (nSPS) is 13.2. The maximum Gasteiger partial charge on any atom is 0.306 e. The summed E-state index contributed by atoms with van der Waals surface area (Å²) in [5, 5.41) is 0. The van der Waals surface area contributed by atoms with Gasteiger partial charge in [-0.3, -0.25) is 14.4 Å². The summed E-state index contributed by atoms with van der Waals surface area (Å²) in [6.45, 7) is 6.23. The van der Waals surface area contributed by atoms with E-state index < -0.39 is 6.10 Å². The second-order valence-electron chi connectivity index (χ2n) is 15.3. The van der Waals surface area contributed by atoms with Crippen molar-refractivity contribution in [1.29, 1.82) is 0 Å². The molecule has 6 nitrogen and oxygen atoms in total. The van der Waals surface area contributed by atoms with Crippen LogP contribution in [0.5, 0.6) is 0 Å². The van der Waals surface area contributed by atoms with Crippen LogP contribution in [0.15, 0.2) is 122 Å². The van der Waals surface area contributed by atoms with Gasteiger partial charge in [-0.1, -0.05) is 187 Å². The van der Waals surface area contributed by atoms with Crippen molar-refractivity contribution in [3.8, 4) is 0 Å². The molecule has 0 heterocycles. The summed E-state index contributed by atoms with van der Waals surface area (Å²) in [5.41, 5.74) is 0. The Morgan fingerprint density at radius 1 is 0.361 bits per heavy atom. The molecule has 0 aromatic heterocycles. The van der Waals surface area contributed by atoms with Gasteiger partial charge in [-0.25, -0.2) is 0 Å². The molecule has 0 N–H and O–H groups in total. The van der Waals surface area contributed by atoms with Gasteiger partial charge in [0.1, 0.15) is 13.2 Å². The third kappa shape index (κ3) is 46.7. The molecule has 0 rings (SSSR count). The summed E-state index contributed by atoms with van der Waals surface area (Å²) >= 11 is 0. The van der Waals surface area contributed by atoms with Crippen molar-refractivity contribution in [1.82, 2.24) is 0 Å². The van der Waals surface area contributed by atoms with E-state index in [0.29, 0.717) is 19.3 Å². The van der Waals surface area contributed by atoms with E-state index in [-0.39, 0.29) is 50.4 Å². The average Bonchev–Trinajstić information content (AvgIpc) is 3.26. The molecule has 0 aliphatic heterocycles. The second-order valence-corrected chi connectivity index (χ2v) is 15.3. The Morgan fingerprint density at radius 3 is 1.23 bits per heavy atom. The largest absolute Gasteiger partial charge is 0.462 e. The van der Waals surface area contributed by atoms with E-state index in [4.69, 9.17) is 14.2 Å². The highest BCUT2D eigenvalue weighted by Crippen LogP contribution is 2.11. The molecule has 0 aliphatic rings. The number of hydrogen-bond donors (Lipinski definition) is 0. The monoisotopic (exact) mass is 843 g/mol. The van der Waals surface area contributed by atoms with Crippen LogP contribution < -0.4 is 0 Å². The minimum atomic E-state index is -0.844. The van der Waals surface area contributed by atoms with E-state index in [1.165, 1.54) is 44.9 Å². The van der Waals surface area contributed by atoms with Gasteiger partial charge in [0.15, 0.2) is 6.10 Å². The summed E-state index contributed by atoms with van der Waals surface area (Å²) < 4.78 is 16.6. The number of carbonyl (C=O) groups is 3. The molecule has 342 valence electrons. The number of rotatable bonds is 41. The molecule has 0 amide bonds. The van der Waals surface area contributed by atoms with E-state index in [1.807, 2.05) is 12.2 Å². The Kier molecular flexibility index (Phi) is 45.1. The van der Waals surface area contributed by atoms with E-state index in [1.54, 1.807) is 0 Å². The molecule has 0 bridgehead atoms. The fourth-order valence-corrected chi connectivity index (χ4v) is 5.91. The Morgan fingerprint density at radius 2 is 0.738 bits per heavy atom. The lowest BCUT2D eigenvalue weighted by molar-refractivity contribution is -0.166. The molecule has 0 saturated carbocycles. The van der Waals surface area contributed by atoms with E-state index in [2.05, 4.69) is 130 Å². The Labute approximate surface area is 373 Å². The van der Waals surface area contributed by atoms with Gasteiger partial charge in [-0.2, -0.15) is 0 Å². The maximum absolute atomic E-state index is 12.7. The minimum Gasteiger partial charge on any atom is -0.462 e. The van der Waals surface area contributed by atoms with Gasteiger partial charge in [0, 0.05) is 19.3 Å². The quantitative estimate of drug-likeness (QED) is 0.0201. The highest BCUT2D eigenvalue weighted by Gasteiger charge is 2.19. The lowest BCUT2D eigenvalue weighted by Crippen LogP contribution is -2.30. The van der Waals surface area contributed by atoms with Gasteiger partial charge < -0.3 is 14.2 Å². The summed E-state index contributed by atoms with van der Waals surface area (Å²) in [5.74, 6) is -1.12. The molecule has 0 radical (unpaired) electrons. The zero-order valence-corrected chi connectivity index (χ0v) is 38.9. The summed E-state index contributed by atoms with van der Waals surface area (Å²) in [4.78, 5) is 37.8. The topological polar surface area (TPSA) is 78.9 Å². The van der Waals surface area contributed by atoms with Crippen LogP contribution in [-0.2, 0) is 28.6 Å². The van der Waals surface area contributed by atoms with Crippen molar-refractivity contribution in [2.45, 2.75) is 194 Å². The van der Waals surface area contributed by atoms with Crippen LogP contribution in [0.4, 0.5) is 0 Å². The van der Waals surface area contributed by atoms with Crippen LogP contribution in [0.25, 0.3) is 0 Å². The number of carbonyl (C=O) groups excluding carboxylic acids is 3. The van der Waals surface area contributed by atoms with Crippen molar-refractivity contribution < 1.29 is 28.6 Å². The zero-order chi connectivity index (χ0) is 44.4. The lowest BCUT2D eigenvalue weighted by Gasteiger charge is -2.18. The van der Waals surface area contributed by atoms with Crippen molar-refractivity contribution in [3.05, 3.63) is 122 Å². The van der Waals surface area contributed by atoms with Gasteiger partial charge in [0.25, 0.3) is 0 Å². The van der Waals surface area contributed by atoms with Crippen molar-refractivity contribution in [2.75, 3.05) is 13.2 Å². The number of esters is 3. The van der Waals surface area contributed by atoms with Crippen LogP contribution in [0, 0.1) is 0 Å². The van der Waals surface area contributed by atoms with Crippen LogP contribution in [0.1, 0.15) is 188 Å². The van der Waals surface area contributed by atoms with Gasteiger partial charge in [-0.15, -0.1) is 0 Å². The Hall–Kier alpha value is -4.19. The molecule has 1 atom stereocenters. The Balaban J connectivity index is 4.61. The molecule has 0 fully saturated rings. The van der Waals surface area contributed by atoms with E-state index in [9.17, 15) is 14.4 Å². The predicted octanol–water partition coefficient (Wildman–Crippen LogP) is 15.7. The first kappa shape index (κ1) is 56.8. The summed E-state index contributed by atoms with van der Waals surface area (Å²) in [6, 6.07) is 0. The summed E-state index contributed by atoms with van der Waals surface area (Å²) in [7, 11) is 0. The predicted molar refractivity (Wildman–Crippen MR) is 260 cm³/mol. The fraction of sp³-hybridized carbons (Fsp3) is 0.582.